The molecule has 0 aliphatic heterocycles. The van der Waals surface area contributed by atoms with Gasteiger partial charge < -0.3 is 25.3 Å². The van der Waals surface area contributed by atoms with Gasteiger partial charge in [0, 0.05) is 4.88 Å². The first-order chi connectivity index (χ1) is 16.0. The third-order valence-corrected chi connectivity index (χ3v) is 7.19. The number of nitrogens with one attached hydrogen (secondary N) is 1. The molecule has 0 fully saturated rings. The smallest absolute Gasteiger partial charge is 0.341 e. The Hall–Kier alpha value is -3.07. The van der Waals surface area contributed by atoms with Crippen molar-refractivity contribution in [3.8, 4) is 5.75 Å². The lowest BCUT2D eigenvalue weighted by atomic mass is 9.72. The summed E-state index contributed by atoms with van der Waals surface area (Å²) < 4.78 is 15.5. The summed E-state index contributed by atoms with van der Waals surface area (Å²) in [5.74, 6) is -0.749. The standard InChI is InChI=1S/C25H32N2O6S/c1-6-32-24(30)21-16-9-8-15(25(2,3)4)12-19(16)34-22(21)27-20(28)13-33-23(29)14-7-10-18(31-5)17(26)11-14/h7,10-11,15H,6,8-9,12-13,26H2,1-5H3,(H,27,28). The lowest BCUT2D eigenvalue weighted by Crippen LogP contribution is -2.26. The average molecular weight is 489 g/mol. The lowest BCUT2D eigenvalue weighted by molar-refractivity contribution is -0.119. The second-order valence-corrected chi connectivity index (χ2v) is 10.4. The number of nitrogens with two attached hydrogens (primary N) is 1. The van der Waals surface area contributed by atoms with Crippen molar-refractivity contribution in [2.45, 2.75) is 47.0 Å². The van der Waals surface area contributed by atoms with Gasteiger partial charge in [0.25, 0.3) is 5.91 Å². The molecule has 0 spiro atoms. The highest BCUT2D eigenvalue weighted by Gasteiger charge is 2.34. The van der Waals surface area contributed by atoms with Gasteiger partial charge in [0.2, 0.25) is 0 Å². The number of carbonyl (C=O) groups excluding carboxylic acids is 3. The first kappa shape index (κ1) is 25.6. The van der Waals surface area contributed by atoms with E-state index < -0.39 is 24.5 Å². The molecular weight excluding hydrogens is 456 g/mol. The van der Waals surface area contributed by atoms with Gasteiger partial charge >= 0.3 is 11.9 Å². The van der Waals surface area contributed by atoms with E-state index in [0.29, 0.717) is 27.9 Å². The van der Waals surface area contributed by atoms with Crippen LogP contribution in [0.4, 0.5) is 10.7 Å². The Balaban J connectivity index is 1.73. The molecule has 1 amide bonds. The number of carbonyl (C=O) groups is 3. The number of rotatable bonds is 7. The van der Waals surface area contributed by atoms with E-state index in [-0.39, 0.29) is 17.6 Å². The molecule has 0 bridgehead atoms. The predicted octanol–water partition coefficient (Wildman–Crippen LogP) is 4.46. The van der Waals surface area contributed by atoms with Crippen LogP contribution in [0.1, 0.15) is 65.3 Å². The number of anilines is 2. The Bertz CT molecular complexity index is 1090. The molecule has 3 rings (SSSR count). The van der Waals surface area contributed by atoms with Gasteiger partial charge in [-0.2, -0.15) is 0 Å². The van der Waals surface area contributed by atoms with Crippen molar-refractivity contribution >= 4 is 39.9 Å². The molecule has 0 saturated carbocycles. The van der Waals surface area contributed by atoms with E-state index in [0.717, 1.165) is 29.7 Å². The largest absolute Gasteiger partial charge is 0.495 e. The van der Waals surface area contributed by atoms with Crippen molar-refractivity contribution in [3.63, 3.8) is 0 Å². The fourth-order valence-corrected chi connectivity index (χ4v) is 5.40. The van der Waals surface area contributed by atoms with Crippen LogP contribution in [-0.4, -0.2) is 38.2 Å². The van der Waals surface area contributed by atoms with Crippen LogP contribution in [0.2, 0.25) is 0 Å². The van der Waals surface area contributed by atoms with Gasteiger partial charge in [0.05, 0.1) is 30.5 Å². The topological polar surface area (TPSA) is 117 Å². The van der Waals surface area contributed by atoms with Crippen LogP contribution in [0, 0.1) is 11.3 Å². The van der Waals surface area contributed by atoms with Crippen LogP contribution in [0.15, 0.2) is 18.2 Å². The highest BCUT2D eigenvalue weighted by atomic mass is 32.1. The summed E-state index contributed by atoms with van der Waals surface area (Å²) in [4.78, 5) is 38.8. The van der Waals surface area contributed by atoms with E-state index in [1.807, 2.05) is 0 Å². The summed E-state index contributed by atoms with van der Waals surface area (Å²) in [6.45, 7) is 8.14. The molecule has 1 unspecified atom stereocenters. The van der Waals surface area contributed by atoms with Crippen molar-refractivity contribution in [1.29, 1.82) is 0 Å². The number of esters is 2. The Morgan fingerprint density at radius 1 is 1.18 bits per heavy atom. The second kappa shape index (κ2) is 10.5. The summed E-state index contributed by atoms with van der Waals surface area (Å²) >= 11 is 1.40. The SMILES string of the molecule is CCOC(=O)c1c(NC(=O)COC(=O)c2ccc(OC)c(N)c2)sc2c1CCC(C(C)(C)C)C2. The summed E-state index contributed by atoms with van der Waals surface area (Å²) in [6, 6.07) is 4.49. The van der Waals surface area contributed by atoms with Crippen molar-refractivity contribution in [1.82, 2.24) is 0 Å². The molecule has 1 aliphatic rings. The summed E-state index contributed by atoms with van der Waals surface area (Å²) in [5, 5.41) is 3.19. The van der Waals surface area contributed by atoms with Gasteiger partial charge in [-0.3, -0.25) is 4.79 Å². The molecule has 1 aromatic heterocycles. The van der Waals surface area contributed by atoms with Crippen molar-refractivity contribution in [2.75, 3.05) is 31.4 Å². The van der Waals surface area contributed by atoms with Gasteiger partial charge in [-0.05, 0) is 61.3 Å². The van der Waals surface area contributed by atoms with Crippen LogP contribution in [0.5, 0.6) is 5.75 Å². The Kier molecular flexibility index (Phi) is 7.86. The number of ether oxygens (including phenoxy) is 3. The predicted molar refractivity (Wildman–Crippen MR) is 132 cm³/mol. The van der Waals surface area contributed by atoms with Crippen LogP contribution >= 0.6 is 11.3 Å². The lowest BCUT2D eigenvalue weighted by Gasteiger charge is -2.33. The van der Waals surface area contributed by atoms with E-state index in [1.54, 1.807) is 13.0 Å². The third kappa shape index (κ3) is 5.70. The minimum Gasteiger partial charge on any atom is -0.495 e. The molecule has 3 N–H and O–H groups in total. The second-order valence-electron chi connectivity index (χ2n) is 9.32. The van der Waals surface area contributed by atoms with Crippen molar-refractivity contribution < 1.29 is 28.6 Å². The molecule has 1 atom stereocenters. The number of thiophene rings is 1. The van der Waals surface area contributed by atoms with Gasteiger partial charge in [-0.1, -0.05) is 20.8 Å². The molecule has 0 saturated heterocycles. The molecule has 8 nitrogen and oxygen atoms in total. The van der Waals surface area contributed by atoms with Crippen LogP contribution < -0.4 is 15.8 Å². The van der Waals surface area contributed by atoms with E-state index in [2.05, 4.69) is 26.1 Å². The highest BCUT2D eigenvalue weighted by Crippen LogP contribution is 2.44. The van der Waals surface area contributed by atoms with Gasteiger partial charge in [0.15, 0.2) is 6.61 Å². The fourth-order valence-electron chi connectivity index (χ4n) is 4.07. The third-order valence-electron chi connectivity index (χ3n) is 6.02. The van der Waals surface area contributed by atoms with E-state index in [9.17, 15) is 14.4 Å². The van der Waals surface area contributed by atoms with Crippen LogP contribution in [0.3, 0.4) is 0 Å². The molecular formula is C25H32N2O6S. The van der Waals surface area contributed by atoms with Crippen LogP contribution in [-0.2, 0) is 27.1 Å². The zero-order chi connectivity index (χ0) is 25.0. The minimum atomic E-state index is -0.686. The monoisotopic (exact) mass is 488 g/mol. The number of benzene rings is 1. The fraction of sp³-hybridized carbons (Fsp3) is 0.480. The quantitative estimate of drug-likeness (QED) is 0.436. The molecule has 1 aromatic carbocycles. The molecule has 184 valence electrons. The van der Waals surface area contributed by atoms with E-state index >= 15 is 0 Å². The van der Waals surface area contributed by atoms with Crippen molar-refractivity contribution in [2.24, 2.45) is 11.3 Å². The van der Waals surface area contributed by atoms with Gasteiger partial charge in [0.1, 0.15) is 10.8 Å². The Morgan fingerprint density at radius 2 is 1.91 bits per heavy atom. The number of hydrogen-bond acceptors (Lipinski definition) is 8. The molecule has 34 heavy (non-hydrogen) atoms. The van der Waals surface area contributed by atoms with E-state index in [4.69, 9.17) is 19.9 Å². The normalized spacial score (nSPS) is 15.3. The first-order valence-corrected chi connectivity index (χ1v) is 12.1. The molecule has 2 aromatic rings. The number of methoxy groups -OCH3 is 1. The number of amides is 1. The average Bonchev–Trinajstić information content (AvgIpc) is 3.13. The maximum atomic E-state index is 12.7. The molecule has 1 heterocycles. The van der Waals surface area contributed by atoms with Crippen molar-refractivity contribution in [3.05, 3.63) is 39.8 Å². The Morgan fingerprint density at radius 3 is 2.53 bits per heavy atom. The number of hydrogen-bond donors (Lipinski definition) is 2. The highest BCUT2D eigenvalue weighted by molar-refractivity contribution is 7.17. The number of fused-ring (bicyclic) bond motifs is 1. The first-order valence-electron chi connectivity index (χ1n) is 11.3. The molecule has 9 heteroatoms. The maximum absolute atomic E-state index is 12.7. The van der Waals surface area contributed by atoms with Crippen LogP contribution in [0.25, 0.3) is 0 Å². The summed E-state index contributed by atoms with van der Waals surface area (Å²) in [6.07, 6.45) is 2.57. The van der Waals surface area contributed by atoms with Gasteiger partial charge in [-0.15, -0.1) is 11.3 Å². The van der Waals surface area contributed by atoms with Gasteiger partial charge in [-0.25, -0.2) is 9.59 Å². The minimum absolute atomic E-state index is 0.147. The molecule has 1 aliphatic carbocycles. The maximum Gasteiger partial charge on any atom is 0.341 e. The summed E-state index contributed by atoms with van der Waals surface area (Å²) in [7, 11) is 1.48. The molecule has 0 radical (unpaired) electrons. The zero-order valence-electron chi connectivity index (χ0n) is 20.3. The number of nitrogen functional groups attached to an aromatic ring is 1. The summed E-state index contributed by atoms with van der Waals surface area (Å²) in [5.41, 5.74) is 7.83. The Labute approximate surface area is 203 Å². The van der Waals surface area contributed by atoms with E-state index in [1.165, 1.54) is 30.6 Å². The zero-order valence-corrected chi connectivity index (χ0v) is 21.1.